The van der Waals surface area contributed by atoms with Gasteiger partial charge in [0.05, 0.1) is 13.2 Å². The van der Waals surface area contributed by atoms with Crippen LogP contribution in [0.15, 0.2) is 0 Å². The van der Waals surface area contributed by atoms with E-state index in [0.717, 1.165) is 19.3 Å². The molecular formula is C19H34F2O5Si. The Labute approximate surface area is 162 Å². The van der Waals surface area contributed by atoms with Crippen molar-refractivity contribution in [2.45, 2.75) is 102 Å². The van der Waals surface area contributed by atoms with Gasteiger partial charge in [-0.05, 0) is 37.9 Å². The number of carbonyl (C=O) groups excluding carboxylic acids is 1. The van der Waals surface area contributed by atoms with Gasteiger partial charge >= 0.3 is 11.9 Å². The smallest absolute Gasteiger partial charge is 0.379 e. The number of hydrogen-bond acceptors (Lipinski definition) is 5. The lowest BCUT2D eigenvalue weighted by Crippen LogP contribution is -2.57. The fourth-order valence-electron chi connectivity index (χ4n) is 4.08. The Morgan fingerprint density at radius 3 is 2.26 bits per heavy atom. The predicted octanol–water partition coefficient (Wildman–Crippen LogP) is 4.65. The van der Waals surface area contributed by atoms with E-state index in [1.165, 1.54) is 6.92 Å². The summed E-state index contributed by atoms with van der Waals surface area (Å²) in [5, 5.41) is 0. The quantitative estimate of drug-likeness (QED) is 0.411. The maximum Gasteiger partial charge on any atom is 0.379 e. The Bertz CT molecular complexity index is 484. The zero-order valence-corrected chi connectivity index (χ0v) is 18.0. The summed E-state index contributed by atoms with van der Waals surface area (Å²) in [5.41, 5.74) is 0. The number of hydrogen-bond donors (Lipinski definition) is 0. The van der Waals surface area contributed by atoms with Crippen LogP contribution >= 0.6 is 0 Å². The molecule has 2 rings (SSSR count). The summed E-state index contributed by atoms with van der Waals surface area (Å²) in [5.74, 6) is -6.12. The van der Waals surface area contributed by atoms with E-state index >= 15 is 8.78 Å². The van der Waals surface area contributed by atoms with Crippen LogP contribution in [-0.2, 0) is 23.4 Å². The summed E-state index contributed by atoms with van der Waals surface area (Å²) in [6, 6.07) is 2.11. The van der Waals surface area contributed by atoms with Crippen molar-refractivity contribution in [3.05, 3.63) is 0 Å². The molecule has 1 aliphatic carbocycles. The number of carbonyl (C=O) groups is 1. The Kier molecular flexibility index (Phi) is 7.81. The molecule has 0 bridgehead atoms. The number of halogens is 2. The number of esters is 1. The van der Waals surface area contributed by atoms with Crippen LogP contribution in [0.1, 0.15) is 59.8 Å². The molecule has 0 aromatic heterocycles. The molecule has 2 fully saturated rings. The first-order valence-corrected chi connectivity index (χ1v) is 12.9. The van der Waals surface area contributed by atoms with Gasteiger partial charge in [-0.15, -0.1) is 0 Å². The lowest BCUT2D eigenvalue weighted by atomic mass is 9.94. The molecule has 1 saturated carbocycles. The van der Waals surface area contributed by atoms with Crippen molar-refractivity contribution in [1.29, 1.82) is 0 Å². The highest BCUT2D eigenvalue weighted by Crippen LogP contribution is 2.42. The molecule has 158 valence electrons. The first-order chi connectivity index (χ1) is 12.8. The number of alkyl halides is 2. The van der Waals surface area contributed by atoms with Gasteiger partial charge in [-0.25, -0.2) is 4.79 Å². The Morgan fingerprint density at radius 1 is 1.15 bits per heavy atom. The minimum Gasteiger partial charge on any atom is -0.461 e. The fourth-order valence-corrected chi connectivity index (χ4v) is 6.91. The minimum absolute atomic E-state index is 0.0152. The fraction of sp³-hybridized carbons (Fsp3) is 0.947. The topological polar surface area (TPSA) is 54.0 Å². The van der Waals surface area contributed by atoms with Crippen molar-refractivity contribution in [2.24, 2.45) is 0 Å². The zero-order chi connectivity index (χ0) is 20.1. The van der Waals surface area contributed by atoms with Gasteiger partial charge in [-0.1, -0.05) is 27.2 Å². The molecule has 0 unspecified atom stereocenters. The first kappa shape index (κ1) is 22.7. The normalized spacial score (nSPS) is 24.1. The van der Waals surface area contributed by atoms with Crippen LogP contribution in [0, 0.1) is 0 Å². The molecule has 0 aromatic rings. The van der Waals surface area contributed by atoms with E-state index in [2.05, 4.69) is 4.74 Å². The summed E-state index contributed by atoms with van der Waals surface area (Å²) in [4.78, 5) is 12.0. The third kappa shape index (κ3) is 4.89. The molecule has 1 saturated heterocycles. The van der Waals surface area contributed by atoms with E-state index in [4.69, 9.17) is 13.9 Å². The zero-order valence-electron chi connectivity index (χ0n) is 17.0. The molecule has 8 heteroatoms. The second-order valence-corrected chi connectivity index (χ2v) is 12.3. The molecule has 5 nitrogen and oxygen atoms in total. The standard InChI is InChI=1S/C19H34F2O5Si/c1-5-23-17(22)19(20,21)16(26-27(6-2,7-3)8-4)15-14-24-18(25-15)12-10-9-11-13-18/h15-16H,5-14H2,1-4H3/t15-,16-/m1/s1. The third-order valence-corrected chi connectivity index (χ3v) is 10.7. The maximum atomic E-state index is 15.1. The van der Waals surface area contributed by atoms with Crippen molar-refractivity contribution < 1.29 is 32.2 Å². The summed E-state index contributed by atoms with van der Waals surface area (Å²) in [7, 11) is -2.41. The molecule has 0 amide bonds. The second kappa shape index (κ2) is 9.28. The van der Waals surface area contributed by atoms with Crippen LogP contribution in [0.3, 0.4) is 0 Å². The van der Waals surface area contributed by atoms with E-state index in [1.807, 2.05) is 20.8 Å². The van der Waals surface area contributed by atoms with Gasteiger partial charge in [0.1, 0.15) is 12.2 Å². The summed E-state index contributed by atoms with van der Waals surface area (Å²) in [6.45, 7) is 7.32. The first-order valence-electron chi connectivity index (χ1n) is 10.3. The largest absolute Gasteiger partial charge is 0.461 e. The average Bonchev–Trinajstić information content (AvgIpc) is 3.06. The summed E-state index contributed by atoms with van der Waals surface area (Å²) >= 11 is 0. The molecule has 27 heavy (non-hydrogen) atoms. The van der Waals surface area contributed by atoms with Crippen molar-refractivity contribution in [1.82, 2.24) is 0 Å². The molecule has 1 aliphatic heterocycles. The molecule has 1 heterocycles. The summed E-state index contributed by atoms with van der Waals surface area (Å²) in [6.07, 6.45) is 1.73. The van der Waals surface area contributed by atoms with Gasteiger partial charge < -0.3 is 18.6 Å². The van der Waals surface area contributed by atoms with Crippen LogP contribution in [-0.4, -0.2) is 51.4 Å². The highest BCUT2D eigenvalue weighted by molar-refractivity contribution is 6.73. The van der Waals surface area contributed by atoms with E-state index < -0.39 is 38.2 Å². The van der Waals surface area contributed by atoms with Crippen molar-refractivity contribution in [2.75, 3.05) is 13.2 Å². The van der Waals surface area contributed by atoms with Crippen molar-refractivity contribution >= 4 is 14.3 Å². The van der Waals surface area contributed by atoms with Gasteiger partial charge in [0.2, 0.25) is 0 Å². The van der Waals surface area contributed by atoms with Gasteiger partial charge in [-0.3, -0.25) is 0 Å². The van der Waals surface area contributed by atoms with Crippen LogP contribution in [0.2, 0.25) is 18.1 Å². The average molecular weight is 409 g/mol. The van der Waals surface area contributed by atoms with E-state index in [0.29, 0.717) is 31.0 Å². The maximum absolute atomic E-state index is 15.1. The van der Waals surface area contributed by atoms with E-state index in [1.54, 1.807) is 0 Å². The van der Waals surface area contributed by atoms with Crippen LogP contribution in [0.25, 0.3) is 0 Å². The Hall–Kier alpha value is -0.573. The van der Waals surface area contributed by atoms with E-state index in [-0.39, 0.29) is 13.2 Å². The van der Waals surface area contributed by atoms with Crippen molar-refractivity contribution in [3.8, 4) is 0 Å². The lowest BCUT2D eigenvalue weighted by molar-refractivity contribution is -0.221. The lowest BCUT2D eigenvalue weighted by Gasteiger charge is -2.39. The molecule has 0 N–H and O–H groups in total. The van der Waals surface area contributed by atoms with Crippen molar-refractivity contribution in [3.63, 3.8) is 0 Å². The highest BCUT2D eigenvalue weighted by atomic mass is 28.4. The van der Waals surface area contributed by atoms with Gasteiger partial charge in [0.25, 0.3) is 0 Å². The Morgan fingerprint density at radius 2 is 1.74 bits per heavy atom. The van der Waals surface area contributed by atoms with Gasteiger partial charge in [-0.2, -0.15) is 8.78 Å². The van der Waals surface area contributed by atoms with Crippen LogP contribution in [0.4, 0.5) is 8.78 Å². The van der Waals surface area contributed by atoms with E-state index in [9.17, 15) is 4.79 Å². The molecule has 0 aromatic carbocycles. The predicted molar refractivity (Wildman–Crippen MR) is 100 cm³/mol. The number of ether oxygens (including phenoxy) is 3. The molecule has 0 radical (unpaired) electrons. The molecule has 1 spiro atoms. The Balaban J connectivity index is 2.28. The highest BCUT2D eigenvalue weighted by Gasteiger charge is 2.59. The monoisotopic (exact) mass is 408 g/mol. The molecule has 2 aliphatic rings. The summed E-state index contributed by atoms with van der Waals surface area (Å²) < 4.78 is 52.9. The van der Waals surface area contributed by atoms with Gasteiger partial charge in [0, 0.05) is 12.8 Å². The van der Waals surface area contributed by atoms with Crippen LogP contribution < -0.4 is 0 Å². The van der Waals surface area contributed by atoms with Crippen LogP contribution in [0.5, 0.6) is 0 Å². The second-order valence-electron chi connectivity index (χ2n) is 7.56. The number of rotatable bonds is 9. The van der Waals surface area contributed by atoms with Gasteiger partial charge in [0.15, 0.2) is 14.1 Å². The third-order valence-electron chi connectivity index (χ3n) is 6.04. The minimum atomic E-state index is -3.78. The molecule has 2 atom stereocenters. The SMILES string of the molecule is CCOC(=O)C(F)(F)[C@H](O[Si](CC)(CC)CC)[C@H]1COC2(CCCCC2)O1. The molecular weight excluding hydrogens is 374 g/mol.